The van der Waals surface area contributed by atoms with Crippen LogP contribution >= 0.6 is 0 Å². The molecule has 0 bridgehead atoms. The minimum absolute atomic E-state index is 0.0347. The molecular formula is C18H24F3N5O3. The van der Waals surface area contributed by atoms with E-state index in [1.807, 2.05) is 0 Å². The molecule has 2 aliphatic rings. The minimum atomic E-state index is -4.82. The van der Waals surface area contributed by atoms with Gasteiger partial charge in [0.1, 0.15) is 5.56 Å². The lowest BCUT2D eigenvalue weighted by atomic mass is 10.1. The molecule has 2 fully saturated rings. The standard InChI is InChI=1S/C18H24F3N5O3/c19-18(20,21)15-11-13(1-2-16(15)26(28)29)23-14-3-8-25(12-14)17(27)4-7-24-9-5-22-6-10-24/h1-2,11,14,22-23H,3-10,12H2/t14-/m0/s1. The van der Waals surface area contributed by atoms with Gasteiger partial charge in [0.25, 0.3) is 5.69 Å². The van der Waals surface area contributed by atoms with E-state index in [4.69, 9.17) is 0 Å². The Morgan fingerprint density at radius 2 is 2.00 bits per heavy atom. The number of alkyl halides is 3. The SMILES string of the molecule is O=C(CCN1CCNCC1)N1CC[C@H](Nc2ccc([N+](=O)[O-])c(C(F)(F)F)c2)C1. The summed E-state index contributed by atoms with van der Waals surface area (Å²) >= 11 is 0. The fourth-order valence-corrected chi connectivity index (χ4v) is 3.70. The van der Waals surface area contributed by atoms with Crippen LogP contribution in [0.15, 0.2) is 18.2 Å². The van der Waals surface area contributed by atoms with Crippen LogP contribution in [0.5, 0.6) is 0 Å². The van der Waals surface area contributed by atoms with Crippen LogP contribution in [-0.4, -0.2) is 72.5 Å². The van der Waals surface area contributed by atoms with Gasteiger partial charge >= 0.3 is 6.18 Å². The van der Waals surface area contributed by atoms with Gasteiger partial charge in [-0.2, -0.15) is 13.2 Å². The average Bonchev–Trinajstić information content (AvgIpc) is 3.14. The highest BCUT2D eigenvalue weighted by atomic mass is 19.4. The van der Waals surface area contributed by atoms with Crippen molar-refractivity contribution in [1.29, 1.82) is 0 Å². The number of carbonyl (C=O) groups excluding carboxylic acids is 1. The van der Waals surface area contributed by atoms with Crippen molar-refractivity contribution in [2.45, 2.75) is 25.1 Å². The Hall–Kier alpha value is -2.40. The summed E-state index contributed by atoms with van der Waals surface area (Å²) in [5.41, 5.74) is -2.10. The molecule has 1 amide bonds. The summed E-state index contributed by atoms with van der Waals surface area (Å²) in [7, 11) is 0. The topological polar surface area (TPSA) is 90.8 Å². The molecule has 2 heterocycles. The van der Waals surface area contributed by atoms with Crippen LogP contribution < -0.4 is 10.6 Å². The monoisotopic (exact) mass is 415 g/mol. The number of hydrogen-bond acceptors (Lipinski definition) is 6. The zero-order chi connectivity index (χ0) is 21.0. The summed E-state index contributed by atoms with van der Waals surface area (Å²) in [5.74, 6) is 0.0347. The molecule has 1 atom stereocenters. The predicted molar refractivity (Wildman–Crippen MR) is 101 cm³/mol. The molecule has 0 unspecified atom stereocenters. The summed E-state index contributed by atoms with van der Waals surface area (Å²) in [6.45, 7) is 5.30. The summed E-state index contributed by atoms with van der Waals surface area (Å²) in [5, 5.41) is 17.1. The van der Waals surface area contributed by atoms with Gasteiger partial charge in [-0.05, 0) is 18.6 Å². The number of nitrogens with one attached hydrogen (secondary N) is 2. The third kappa shape index (κ3) is 5.57. The quantitative estimate of drug-likeness (QED) is 0.545. The van der Waals surface area contributed by atoms with E-state index < -0.39 is 22.4 Å². The third-order valence-electron chi connectivity index (χ3n) is 5.26. The minimum Gasteiger partial charge on any atom is -0.380 e. The lowest BCUT2D eigenvalue weighted by Crippen LogP contribution is -2.44. The molecule has 0 aliphatic carbocycles. The smallest absolute Gasteiger partial charge is 0.380 e. The molecule has 2 N–H and O–H groups in total. The molecule has 0 saturated carbocycles. The Balaban J connectivity index is 1.55. The van der Waals surface area contributed by atoms with Crippen LogP contribution in [0.4, 0.5) is 24.5 Å². The molecule has 3 rings (SSSR count). The Kier molecular flexibility index (Phi) is 6.58. The maximum atomic E-state index is 13.1. The summed E-state index contributed by atoms with van der Waals surface area (Å²) in [4.78, 5) is 26.2. The fourth-order valence-electron chi connectivity index (χ4n) is 3.70. The Bertz CT molecular complexity index is 753. The number of piperazine rings is 1. The van der Waals surface area contributed by atoms with Crippen LogP contribution in [0, 0.1) is 10.1 Å². The number of nitro benzene ring substituents is 1. The normalized spacial score (nSPS) is 20.7. The van der Waals surface area contributed by atoms with E-state index in [1.54, 1.807) is 4.90 Å². The van der Waals surface area contributed by atoms with E-state index in [1.165, 1.54) is 6.07 Å². The number of nitrogens with zero attached hydrogens (tertiary/aromatic N) is 3. The summed E-state index contributed by atoms with van der Waals surface area (Å²) in [6, 6.07) is 2.69. The second-order valence-corrected chi connectivity index (χ2v) is 7.30. The first kappa shape index (κ1) is 21.3. The van der Waals surface area contributed by atoms with Gasteiger partial charge in [-0.3, -0.25) is 14.9 Å². The zero-order valence-corrected chi connectivity index (χ0v) is 15.9. The van der Waals surface area contributed by atoms with Crippen molar-refractivity contribution < 1.29 is 22.9 Å². The van der Waals surface area contributed by atoms with Crippen LogP contribution in [-0.2, 0) is 11.0 Å². The van der Waals surface area contributed by atoms with Crippen LogP contribution in [0.3, 0.4) is 0 Å². The number of halogens is 3. The first-order valence-corrected chi connectivity index (χ1v) is 9.57. The molecule has 2 aliphatic heterocycles. The molecule has 1 aromatic rings. The molecule has 2 saturated heterocycles. The highest BCUT2D eigenvalue weighted by Crippen LogP contribution is 2.37. The lowest BCUT2D eigenvalue weighted by Gasteiger charge is -2.27. The molecule has 0 spiro atoms. The first-order valence-electron chi connectivity index (χ1n) is 9.57. The largest absolute Gasteiger partial charge is 0.423 e. The van der Waals surface area contributed by atoms with Crippen LogP contribution in [0.1, 0.15) is 18.4 Å². The number of benzene rings is 1. The number of carbonyl (C=O) groups is 1. The second kappa shape index (κ2) is 8.95. The lowest BCUT2D eigenvalue weighted by molar-refractivity contribution is -0.388. The molecule has 8 nitrogen and oxygen atoms in total. The van der Waals surface area contributed by atoms with Crippen molar-refractivity contribution in [3.63, 3.8) is 0 Å². The van der Waals surface area contributed by atoms with Gasteiger partial charge in [-0.25, -0.2) is 0 Å². The maximum absolute atomic E-state index is 13.1. The highest BCUT2D eigenvalue weighted by Gasteiger charge is 2.38. The summed E-state index contributed by atoms with van der Waals surface area (Å²) < 4.78 is 39.3. The van der Waals surface area contributed by atoms with Crippen molar-refractivity contribution >= 4 is 17.3 Å². The van der Waals surface area contributed by atoms with Crippen molar-refractivity contribution in [1.82, 2.24) is 15.1 Å². The highest BCUT2D eigenvalue weighted by molar-refractivity contribution is 5.76. The van der Waals surface area contributed by atoms with E-state index in [0.29, 0.717) is 32.5 Å². The van der Waals surface area contributed by atoms with Crippen molar-refractivity contribution in [2.75, 3.05) is 51.1 Å². The molecule has 160 valence electrons. The number of hydrogen-bond donors (Lipinski definition) is 2. The van der Waals surface area contributed by atoms with Crippen molar-refractivity contribution in [3.05, 3.63) is 33.9 Å². The predicted octanol–water partition coefficient (Wildman–Crippen LogP) is 1.92. The molecule has 11 heteroatoms. The third-order valence-corrected chi connectivity index (χ3v) is 5.26. The number of anilines is 1. The molecule has 29 heavy (non-hydrogen) atoms. The van der Waals surface area contributed by atoms with Crippen molar-refractivity contribution in [3.8, 4) is 0 Å². The van der Waals surface area contributed by atoms with Gasteiger partial charge in [-0.1, -0.05) is 0 Å². The van der Waals surface area contributed by atoms with Crippen LogP contribution in [0.25, 0.3) is 0 Å². The van der Waals surface area contributed by atoms with E-state index in [-0.39, 0.29) is 17.6 Å². The van der Waals surface area contributed by atoms with Gasteiger partial charge in [-0.15, -0.1) is 0 Å². The van der Waals surface area contributed by atoms with Gasteiger partial charge in [0.05, 0.1) is 4.92 Å². The Labute approximate surface area is 166 Å². The van der Waals surface area contributed by atoms with E-state index in [0.717, 1.165) is 38.3 Å². The van der Waals surface area contributed by atoms with Gasteiger partial charge in [0, 0.05) is 70.0 Å². The van der Waals surface area contributed by atoms with E-state index in [2.05, 4.69) is 15.5 Å². The zero-order valence-electron chi connectivity index (χ0n) is 15.9. The Morgan fingerprint density at radius 3 is 2.66 bits per heavy atom. The van der Waals surface area contributed by atoms with Gasteiger partial charge in [0.2, 0.25) is 5.91 Å². The van der Waals surface area contributed by atoms with E-state index in [9.17, 15) is 28.1 Å². The molecule has 1 aromatic carbocycles. The molecule has 0 aromatic heterocycles. The van der Waals surface area contributed by atoms with Gasteiger partial charge in [0.15, 0.2) is 0 Å². The molecular weight excluding hydrogens is 391 g/mol. The Morgan fingerprint density at radius 1 is 1.28 bits per heavy atom. The number of amides is 1. The number of nitro groups is 1. The number of likely N-dealkylation sites (tertiary alicyclic amines) is 1. The van der Waals surface area contributed by atoms with Crippen LogP contribution in [0.2, 0.25) is 0 Å². The summed E-state index contributed by atoms with van der Waals surface area (Å²) in [6.07, 6.45) is -3.79. The maximum Gasteiger partial charge on any atom is 0.423 e. The first-order chi connectivity index (χ1) is 13.7. The van der Waals surface area contributed by atoms with Gasteiger partial charge < -0.3 is 20.4 Å². The number of rotatable bonds is 6. The van der Waals surface area contributed by atoms with E-state index >= 15 is 0 Å². The van der Waals surface area contributed by atoms with Crippen molar-refractivity contribution in [2.24, 2.45) is 0 Å². The second-order valence-electron chi connectivity index (χ2n) is 7.30. The molecule has 0 radical (unpaired) electrons. The fraction of sp³-hybridized carbons (Fsp3) is 0.611. The average molecular weight is 415 g/mol.